The van der Waals surface area contributed by atoms with Gasteiger partial charge in [-0.15, -0.1) is 0 Å². The molecule has 0 saturated carbocycles. The molecule has 4 N–H and O–H groups in total. The minimum absolute atomic E-state index is 0.446. The minimum atomic E-state index is 0.446. The Labute approximate surface area is 73.9 Å². The summed E-state index contributed by atoms with van der Waals surface area (Å²) in [5.41, 5.74) is 12.3. The maximum Gasteiger partial charge on any atom is 0.0730 e. The summed E-state index contributed by atoms with van der Waals surface area (Å²) in [4.78, 5) is 3.53. The van der Waals surface area contributed by atoms with Gasteiger partial charge in [-0.3, -0.25) is 4.99 Å². The van der Waals surface area contributed by atoms with Gasteiger partial charge in [0.05, 0.1) is 17.6 Å². The number of rotatable bonds is 4. The number of aliphatic imine (C=N–C) groups is 1. The largest absolute Gasteiger partial charge is 0.397 e. The molecule has 0 aromatic rings. The zero-order valence-electron chi connectivity index (χ0n) is 7.75. The molecule has 0 fully saturated rings. The second-order valence-corrected chi connectivity index (χ2v) is 2.77. The van der Waals surface area contributed by atoms with Crippen molar-refractivity contribution in [3.05, 3.63) is 23.7 Å². The van der Waals surface area contributed by atoms with Gasteiger partial charge >= 0.3 is 0 Å². The first-order chi connectivity index (χ1) is 5.61. The number of hydrogen-bond donors (Lipinski definition) is 2. The SMILES string of the molecule is C=N/C=C(N)/C(N)=C\[C@H](C)CC. The van der Waals surface area contributed by atoms with Crippen LogP contribution in [0.4, 0.5) is 0 Å². The first kappa shape index (κ1) is 10.8. The summed E-state index contributed by atoms with van der Waals surface area (Å²) in [7, 11) is 0. The third kappa shape index (κ3) is 3.81. The molecular weight excluding hydrogens is 150 g/mol. The Morgan fingerprint density at radius 3 is 2.50 bits per heavy atom. The monoisotopic (exact) mass is 167 g/mol. The maximum absolute atomic E-state index is 5.66. The maximum atomic E-state index is 5.66. The van der Waals surface area contributed by atoms with E-state index in [1.165, 1.54) is 6.20 Å². The first-order valence-electron chi connectivity index (χ1n) is 4.01. The summed E-state index contributed by atoms with van der Waals surface area (Å²) >= 11 is 0. The molecule has 3 nitrogen and oxygen atoms in total. The van der Waals surface area contributed by atoms with Gasteiger partial charge in [-0.1, -0.05) is 26.3 Å². The van der Waals surface area contributed by atoms with Crippen molar-refractivity contribution in [1.82, 2.24) is 0 Å². The molecule has 0 aliphatic heterocycles. The minimum Gasteiger partial charge on any atom is -0.397 e. The standard InChI is InChI=1S/C9H17N3/c1-4-7(2)5-8(10)9(11)6-12-3/h5-7H,3-4,10-11H2,1-2H3/b8-5+,9-6-/t7-/m1/s1. The van der Waals surface area contributed by atoms with Crippen molar-refractivity contribution in [1.29, 1.82) is 0 Å². The van der Waals surface area contributed by atoms with Gasteiger partial charge in [0.15, 0.2) is 0 Å². The molecule has 1 atom stereocenters. The van der Waals surface area contributed by atoms with E-state index in [1.807, 2.05) is 6.08 Å². The molecule has 0 radical (unpaired) electrons. The number of allylic oxidation sites excluding steroid dienone is 1. The highest BCUT2D eigenvalue weighted by atomic mass is 14.8. The van der Waals surface area contributed by atoms with Crippen molar-refractivity contribution in [3.63, 3.8) is 0 Å². The van der Waals surface area contributed by atoms with E-state index >= 15 is 0 Å². The van der Waals surface area contributed by atoms with Gasteiger partial charge in [0.1, 0.15) is 0 Å². The second-order valence-electron chi connectivity index (χ2n) is 2.77. The topological polar surface area (TPSA) is 64.4 Å². The Morgan fingerprint density at radius 1 is 1.50 bits per heavy atom. The van der Waals surface area contributed by atoms with E-state index in [0.29, 0.717) is 17.3 Å². The van der Waals surface area contributed by atoms with Gasteiger partial charge in [0.25, 0.3) is 0 Å². The van der Waals surface area contributed by atoms with Gasteiger partial charge in [-0.25, -0.2) is 0 Å². The van der Waals surface area contributed by atoms with Crippen molar-refractivity contribution < 1.29 is 0 Å². The van der Waals surface area contributed by atoms with Crippen molar-refractivity contribution in [2.24, 2.45) is 22.4 Å². The van der Waals surface area contributed by atoms with E-state index in [-0.39, 0.29) is 0 Å². The van der Waals surface area contributed by atoms with Crippen molar-refractivity contribution in [3.8, 4) is 0 Å². The second kappa shape index (κ2) is 5.41. The summed E-state index contributed by atoms with van der Waals surface area (Å²) in [6.45, 7) is 7.48. The molecule has 0 unspecified atom stereocenters. The lowest BCUT2D eigenvalue weighted by Crippen LogP contribution is -2.10. The Morgan fingerprint density at radius 2 is 2.08 bits per heavy atom. The zero-order valence-corrected chi connectivity index (χ0v) is 7.75. The molecule has 3 heteroatoms. The van der Waals surface area contributed by atoms with Crippen molar-refractivity contribution in [2.75, 3.05) is 0 Å². The van der Waals surface area contributed by atoms with E-state index in [9.17, 15) is 0 Å². The molecule has 0 spiro atoms. The molecule has 0 amide bonds. The molecule has 0 aromatic carbocycles. The molecule has 68 valence electrons. The number of nitrogens with two attached hydrogens (primary N) is 2. The Bertz CT molecular complexity index is 204. The smallest absolute Gasteiger partial charge is 0.0730 e. The lowest BCUT2D eigenvalue weighted by molar-refractivity contribution is 0.692. The fourth-order valence-electron chi connectivity index (χ4n) is 0.693. The number of hydrogen-bond acceptors (Lipinski definition) is 3. The van der Waals surface area contributed by atoms with Crippen molar-refractivity contribution >= 4 is 6.72 Å². The summed E-state index contributed by atoms with van der Waals surface area (Å²) in [5, 5.41) is 0. The third-order valence-electron chi connectivity index (χ3n) is 1.67. The summed E-state index contributed by atoms with van der Waals surface area (Å²) in [6.07, 6.45) is 4.43. The lowest BCUT2D eigenvalue weighted by atomic mass is 10.1. The van der Waals surface area contributed by atoms with Crippen LogP contribution in [-0.2, 0) is 0 Å². The van der Waals surface area contributed by atoms with Crippen LogP contribution in [0, 0.1) is 5.92 Å². The molecule has 0 aromatic heterocycles. The quantitative estimate of drug-likeness (QED) is 0.490. The molecule has 0 rings (SSSR count). The van der Waals surface area contributed by atoms with Crippen molar-refractivity contribution in [2.45, 2.75) is 20.3 Å². The van der Waals surface area contributed by atoms with Crippen LogP contribution in [0.25, 0.3) is 0 Å². The molecule has 0 heterocycles. The van der Waals surface area contributed by atoms with Gasteiger partial charge in [-0.05, 0) is 12.6 Å². The normalized spacial score (nSPS) is 15.8. The van der Waals surface area contributed by atoms with Crippen LogP contribution < -0.4 is 11.5 Å². The Balaban J connectivity index is 4.36. The lowest BCUT2D eigenvalue weighted by Gasteiger charge is -2.04. The molecule has 0 saturated heterocycles. The zero-order chi connectivity index (χ0) is 9.56. The first-order valence-corrected chi connectivity index (χ1v) is 4.01. The summed E-state index contributed by atoms with van der Waals surface area (Å²) in [6, 6.07) is 0. The third-order valence-corrected chi connectivity index (χ3v) is 1.67. The molecule has 0 aliphatic carbocycles. The molecular formula is C9H17N3. The van der Waals surface area contributed by atoms with E-state index in [4.69, 9.17) is 11.5 Å². The van der Waals surface area contributed by atoms with E-state index in [1.54, 1.807) is 0 Å². The average molecular weight is 167 g/mol. The van der Waals surface area contributed by atoms with Crippen LogP contribution in [0.2, 0.25) is 0 Å². The Hall–Kier alpha value is -1.25. The highest BCUT2D eigenvalue weighted by Gasteiger charge is 1.97. The fraction of sp³-hybridized carbons (Fsp3) is 0.444. The van der Waals surface area contributed by atoms with Crippen LogP contribution in [-0.4, -0.2) is 6.72 Å². The average Bonchev–Trinajstić information content (AvgIpc) is 2.04. The van der Waals surface area contributed by atoms with Gasteiger partial charge < -0.3 is 11.5 Å². The van der Waals surface area contributed by atoms with Crippen LogP contribution in [0.5, 0.6) is 0 Å². The fourth-order valence-corrected chi connectivity index (χ4v) is 0.693. The summed E-state index contributed by atoms with van der Waals surface area (Å²) < 4.78 is 0. The van der Waals surface area contributed by atoms with Crippen LogP contribution >= 0.6 is 0 Å². The van der Waals surface area contributed by atoms with E-state index in [0.717, 1.165) is 6.42 Å². The predicted molar refractivity (Wildman–Crippen MR) is 53.5 cm³/mol. The van der Waals surface area contributed by atoms with E-state index in [2.05, 4.69) is 25.6 Å². The molecule has 0 bridgehead atoms. The highest BCUT2D eigenvalue weighted by Crippen LogP contribution is 2.06. The van der Waals surface area contributed by atoms with Crippen LogP contribution in [0.1, 0.15) is 20.3 Å². The highest BCUT2D eigenvalue weighted by molar-refractivity contribution is 5.31. The van der Waals surface area contributed by atoms with Gasteiger partial charge in [-0.2, -0.15) is 0 Å². The van der Waals surface area contributed by atoms with Gasteiger partial charge in [0, 0.05) is 0 Å². The number of nitrogens with zero attached hydrogens (tertiary/aromatic N) is 1. The van der Waals surface area contributed by atoms with Crippen LogP contribution in [0.3, 0.4) is 0 Å². The predicted octanol–water partition coefficient (Wildman–Crippen LogP) is 1.38. The van der Waals surface area contributed by atoms with E-state index < -0.39 is 0 Å². The summed E-state index contributed by atoms with van der Waals surface area (Å²) in [5.74, 6) is 0.446. The van der Waals surface area contributed by atoms with Crippen LogP contribution in [0.15, 0.2) is 28.7 Å². The molecule has 12 heavy (non-hydrogen) atoms. The van der Waals surface area contributed by atoms with Gasteiger partial charge in [0.2, 0.25) is 0 Å². The molecule has 0 aliphatic rings. The Kier molecular flexibility index (Phi) is 4.84.